The topological polar surface area (TPSA) is 37.3 Å². The van der Waals surface area contributed by atoms with Crippen LogP contribution in [0.3, 0.4) is 0 Å². The number of aliphatic carboxylic acids is 1. The minimum absolute atomic E-state index is 0.188. The molecule has 1 N–H and O–H groups in total. The van der Waals surface area contributed by atoms with Crippen LogP contribution in [0.1, 0.15) is 27.2 Å². The second kappa shape index (κ2) is 2.77. The summed E-state index contributed by atoms with van der Waals surface area (Å²) in [6.45, 7) is 5.80. The maximum absolute atomic E-state index is 10.8. The predicted octanol–water partition coefficient (Wildman–Crippen LogP) is 2.63. The van der Waals surface area contributed by atoms with Crippen molar-refractivity contribution in [2.24, 2.45) is 11.3 Å². The van der Waals surface area contributed by atoms with E-state index < -0.39 is 5.97 Å². The van der Waals surface area contributed by atoms with Crippen molar-refractivity contribution in [2.45, 2.75) is 27.2 Å². The fourth-order valence-corrected chi connectivity index (χ4v) is 2.33. The van der Waals surface area contributed by atoms with Gasteiger partial charge in [-0.3, -0.25) is 0 Å². The van der Waals surface area contributed by atoms with E-state index in [4.69, 9.17) is 16.7 Å². The Kier molecular flexibility index (Phi) is 2.21. The van der Waals surface area contributed by atoms with E-state index in [1.165, 1.54) is 0 Å². The van der Waals surface area contributed by atoms with Crippen LogP contribution in [0.4, 0.5) is 0 Å². The zero-order valence-electron chi connectivity index (χ0n) is 7.52. The highest BCUT2D eigenvalue weighted by atomic mass is 35.5. The summed E-state index contributed by atoms with van der Waals surface area (Å²) in [5.74, 6) is -0.692. The molecule has 68 valence electrons. The number of hydrogen-bond donors (Lipinski definition) is 1. The van der Waals surface area contributed by atoms with Crippen LogP contribution in [0.15, 0.2) is 10.6 Å². The van der Waals surface area contributed by atoms with E-state index >= 15 is 0 Å². The highest BCUT2D eigenvalue weighted by Crippen LogP contribution is 2.47. The Bertz CT molecular complexity index is 253. The SMILES string of the molecule is CC1CC(C)(C)C(C(=O)O)=C1Cl. The summed E-state index contributed by atoms with van der Waals surface area (Å²) in [4.78, 5) is 10.8. The quantitative estimate of drug-likeness (QED) is 0.687. The van der Waals surface area contributed by atoms with E-state index in [1.807, 2.05) is 20.8 Å². The normalized spacial score (nSPS) is 27.8. The predicted molar refractivity (Wildman–Crippen MR) is 48.1 cm³/mol. The monoisotopic (exact) mass is 188 g/mol. The molecule has 1 atom stereocenters. The van der Waals surface area contributed by atoms with E-state index in [1.54, 1.807) is 0 Å². The molecule has 0 radical (unpaired) electrons. The molecule has 0 heterocycles. The molecule has 0 aromatic rings. The number of hydrogen-bond acceptors (Lipinski definition) is 1. The van der Waals surface area contributed by atoms with Crippen molar-refractivity contribution in [2.75, 3.05) is 0 Å². The molecule has 1 rings (SSSR count). The molecule has 12 heavy (non-hydrogen) atoms. The van der Waals surface area contributed by atoms with Gasteiger partial charge in [-0.1, -0.05) is 32.4 Å². The highest BCUT2D eigenvalue weighted by molar-refractivity contribution is 6.32. The maximum atomic E-state index is 10.8. The molecule has 0 bridgehead atoms. The Morgan fingerprint density at radius 3 is 2.33 bits per heavy atom. The van der Waals surface area contributed by atoms with Gasteiger partial charge in [-0.2, -0.15) is 0 Å². The fourth-order valence-electron chi connectivity index (χ4n) is 1.92. The first-order valence-electron chi connectivity index (χ1n) is 3.99. The van der Waals surface area contributed by atoms with Crippen LogP contribution in [0.5, 0.6) is 0 Å². The van der Waals surface area contributed by atoms with Crippen molar-refractivity contribution < 1.29 is 9.90 Å². The zero-order chi connectivity index (χ0) is 9.52. The molecular formula is C9H13ClO2. The number of carbonyl (C=O) groups is 1. The van der Waals surface area contributed by atoms with Crippen LogP contribution >= 0.6 is 11.6 Å². The molecule has 1 unspecified atom stereocenters. The van der Waals surface area contributed by atoms with E-state index in [2.05, 4.69) is 0 Å². The van der Waals surface area contributed by atoms with E-state index in [0.29, 0.717) is 10.6 Å². The van der Waals surface area contributed by atoms with Gasteiger partial charge in [0, 0.05) is 5.03 Å². The minimum Gasteiger partial charge on any atom is -0.478 e. The van der Waals surface area contributed by atoms with E-state index in [9.17, 15) is 4.79 Å². The third-order valence-electron chi connectivity index (χ3n) is 2.38. The van der Waals surface area contributed by atoms with E-state index in [0.717, 1.165) is 6.42 Å². The second-order valence-electron chi connectivity index (χ2n) is 4.02. The zero-order valence-corrected chi connectivity index (χ0v) is 8.27. The van der Waals surface area contributed by atoms with Gasteiger partial charge in [-0.25, -0.2) is 4.79 Å². The molecule has 0 aromatic carbocycles. The third kappa shape index (κ3) is 1.36. The number of carboxylic acids is 1. The molecule has 1 aliphatic rings. The molecule has 0 saturated carbocycles. The van der Waals surface area contributed by atoms with Gasteiger partial charge in [-0.05, 0) is 17.8 Å². The molecule has 0 aromatic heterocycles. The molecule has 1 aliphatic carbocycles. The lowest BCUT2D eigenvalue weighted by molar-refractivity contribution is -0.133. The average Bonchev–Trinajstić information content (AvgIpc) is 2.01. The molecule has 0 fully saturated rings. The van der Waals surface area contributed by atoms with Crippen LogP contribution in [0.2, 0.25) is 0 Å². The molecule has 0 amide bonds. The van der Waals surface area contributed by atoms with Gasteiger partial charge in [0.15, 0.2) is 0 Å². The van der Waals surface area contributed by atoms with Crippen molar-refractivity contribution in [1.29, 1.82) is 0 Å². The van der Waals surface area contributed by atoms with Crippen molar-refractivity contribution in [3.63, 3.8) is 0 Å². The summed E-state index contributed by atoms with van der Waals surface area (Å²) in [6.07, 6.45) is 0.827. The smallest absolute Gasteiger partial charge is 0.333 e. The Hall–Kier alpha value is -0.500. The number of rotatable bonds is 1. The number of carboxylic acid groups (broad SMARTS) is 1. The largest absolute Gasteiger partial charge is 0.478 e. The Morgan fingerprint density at radius 1 is 1.67 bits per heavy atom. The number of allylic oxidation sites excluding steroid dienone is 1. The summed E-state index contributed by atoms with van der Waals surface area (Å²) in [6, 6.07) is 0. The molecule has 0 spiro atoms. The van der Waals surface area contributed by atoms with E-state index in [-0.39, 0.29) is 11.3 Å². The standard InChI is InChI=1S/C9H13ClO2/c1-5-4-9(2,3)6(7(5)10)8(11)12/h5H,4H2,1-3H3,(H,11,12). The summed E-state index contributed by atoms with van der Waals surface area (Å²) >= 11 is 5.91. The minimum atomic E-state index is -0.880. The lowest BCUT2D eigenvalue weighted by Crippen LogP contribution is -2.17. The molecular weight excluding hydrogens is 176 g/mol. The van der Waals surface area contributed by atoms with Crippen LogP contribution in [-0.4, -0.2) is 11.1 Å². The third-order valence-corrected chi connectivity index (χ3v) is 2.94. The van der Waals surface area contributed by atoms with Crippen molar-refractivity contribution in [3.05, 3.63) is 10.6 Å². The van der Waals surface area contributed by atoms with Gasteiger partial charge in [0.25, 0.3) is 0 Å². The highest BCUT2D eigenvalue weighted by Gasteiger charge is 2.40. The Balaban J connectivity index is 3.13. The first kappa shape index (κ1) is 9.59. The summed E-state index contributed by atoms with van der Waals surface area (Å²) < 4.78 is 0. The van der Waals surface area contributed by atoms with Crippen molar-refractivity contribution in [3.8, 4) is 0 Å². The average molecular weight is 189 g/mol. The fraction of sp³-hybridized carbons (Fsp3) is 0.667. The van der Waals surface area contributed by atoms with Gasteiger partial charge < -0.3 is 5.11 Å². The van der Waals surface area contributed by atoms with Gasteiger partial charge >= 0.3 is 5.97 Å². The van der Waals surface area contributed by atoms with Gasteiger partial charge in [0.05, 0.1) is 5.57 Å². The van der Waals surface area contributed by atoms with Crippen molar-refractivity contribution in [1.82, 2.24) is 0 Å². The lowest BCUT2D eigenvalue weighted by Gasteiger charge is -2.19. The van der Waals surface area contributed by atoms with Gasteiger partial charge in [-0.15, -0.1) is 0 Å². The van der Waals surface area contributed by atoms with Crippen LogP contribution in [0.25, 0.3) is 0 Å². The maximum Gasteiger partial charge on any atom is 0.333 e. The second-order valence-corrected chi connectivity index (χ2v) is 4.42. The van der Waals surface area contributed by atoms with Crippen LogP contribution < -0.4 is 0 Å². The van der Waals surface area contributed by atoms with Gasteiger partial charge in [0.2, 0.25) is 0 Å². The lowest BCUT2D eigenvalue weighted by atomic mass is 9.85. The molecule has 0 aliphatic heterocycles. The van der Waals surface area contributed by atoms with Crippen molar-refractivity contribution >= 4 is 17.6 Å². The molecule has 3 heteroatoms. The molecule has 0 saturated heterocycles. The summed E-state index contributed by atoms with van der Waals surface area (Å²) in [5.41, 5.74) is 0.110. The Morgan fingerprint density at radius 2 is 2.17 bits per heavy atom. The van der Waals surface area contributed by atoms with Gasteiger partial charge in [0.1, 0.15) is 0 Å². The van der Waals surface area contributed by atoms with Crippen LogP contribution in [0, 0.1) is 11.3 Å². The molecule has 2 nitrogen and oxygen atoms in total. The summed E-state index contributed by atoms with van der Waals surface area (Å²) in [5, 5.41) is 9.42. The number of halogens is 1. The van der Waals surface area contributed by atoms with Crippen LogP contribution in [-0.2, 0) is 4.79 Å². The summed E-state index contributed by atoms with van der Waals surface area (Å²) in [7, 11) is 0. The first-order chi connectivity index (χ1) is 5.36. The Labute approximate surface area is 77.2 Å². The first-order valence-corrected chi connectivity index (χ1v) is 4.37.